The Bertz CT molecular complexity index is 801. The largest absolute Gasteiger partial charge is 0.497 e. The molecule has 2 aromatic carbocycles. The molecular formula is C21H25NO5. The number of carbonyl (C=O) groups excluding carboxylic acids is 1. The Morgan fingerprint density at radius 1 is 1.07 bits per heavy atom. The first-order chi connectivity index (χ1) is 12.9. The fraction of sp³-hybridized carbons (Fsp3) is 0.381. The smallest absolute Gasteiger partial charge is 0.258 e. The zero-order valence-electron chi connectivity index (χ0n) is 16.1. The third-order valence-electron chi connectivity index (χ3n) is 4.44. The SMILES string of the molecule is COc1ccc(OCC(=O)N[C@H]2CC(C)(C)Oc3cc(OC)ccc32)cc1. The Morgan fingerprint density at radius 3 is 2.37 bits per heavy atom. The number of benzene rings is 2. The summed E-state index contributed by atoms with van der Waals surface area (Å²) in [6, 6.07) is 12.6. The minimum absolute atomic E-state index is 0.0599. The number of nitrogens with one attached hydrogen (secondary N) is 1. The van der Waals surface area contributed by atoms with Gasteiger partial charge in [-0.15, -0.1) is 0 Å². The Hall–Kier alpha value is -2.89. The van der Waals surface area contributed by atoms with Crippen LogP contribution in [-0.4, -0.2) is 32.3 Å². The molecule has 3 rings (SSSR count). The predicted octanol–water partition coefficient (Wildman–Crippen LogP) is 3.50. The number of rotatable bonds is 6. The normalized spacial score (nSPS) is 17.3. The number of fused-ring (bicyclic) bond motifs is 1. The van der Waals surface area contributed by atoms with Gasteiger partial charge in [-0.2, -0.15) is 0 Å². The van der Waals surface area contributed by atoms with Crippen LogP contribution in [0.4, 0.5) is 0 Å². The summed E-state index contributed by atoms with van der Waals surface area (Å²) >= 11 is 0. The molecular weight excluding hydrogens is 346 g/mol. The van der Waals surface area contributed by atoms with Crippen LogP contribution in [0.5, 0.6) is 23.0 Å². The summed E-state index contributed by atoms with van der Waals surface area (Å²) in [5, 5.41) is 3.05. The van der Waals surface area contributed by atoms with Crippen LogP contribution >= 0.6 is 0 Å². The van der Waals surface area contributed by atoms with Gasteiger partial charge < -0.3 is 24.3 Å². The van der Waals surface area contributed by atoms with E-state index in [2.05, 4.69) is 5.32 Å². The molecule has 0 saturated heterocycles. The summed E-state index contributed by atoms with van der Waals surface area (Å²) in [5.41, 5.74) is 0.543. The van der Waals surface area contributed by atoms with E-state index in [0.29, 0.717) is 12.2 Å². The standard InChI is InChI=1S/C21H25NO5/c1-21(2)12-18(17-10-9-16(25-4)11-19(17)27-21)22-20(23)13-26-15-7-5-14(24-3)6-8-15/h5-11,18H,12-13H2,1-4H3,(H,22,23)/t18-/m0/s1. The summed E-state index contributed by atoms with van der Waals surface area (Å²) in [4.78, 5) is 12.4. The van der Waals surface area contributed by atoms with Gasteiger partial charge in [0.1, 0.15) is 28.6 Å². The maximum atomic E-state index is 12.4. The highest BCUT2D eigenvalue weighted by molar-refractivity contribution is 5.78. The second-order valence-electron chi connectivity index (χ2n) is 7.05. The van der Waals surface area contributed by atoms with Gasteiger partial charge in [0, 0.05) is 18.1 Å². The molecule has 0 fully saturated rings. The Morgan fingerprint density at radius 2 is 1.70 bits per heavy atom. The van der Waals surface area contributed by atoms with E-state index in [-0.39, 0.29) is 18.6 Å². The summed E-state index contributed by atoms with van der Waals surface area (Å²) in [6.45, 7) is 3.94. The molecule has 1 aliphatic rings. The summed E-state index contributed by atoms with van der Waals surface area (Å²) < 4.78 is 22.0. The van der Waals surface area contributed by atoms with Crippen LogP contribution < -0.4 is 24.3 Å². The second kappa shape index (κ2) is 7.78. The van der Waals surface area contributed by atoms with Crippen LogP contribution in [0.3, 0.4) is 0 Å². The van der Waals surface area contributed by atoms with Crippen molar-refractivity contribution in [1.82, 2.24) is 5.32 Å². The number of amides is 1. The van der Waals surface area contributed by atoms with E-state index in [1.165, 1.54) is 0 Å². The molecule has 144 valence electrons. The molecule has 1 amide bonds. The molecule has 1 heterocycles. The molecule has 0 aliphatic carbocycles. The summed E-state index contributed by atoms with van der Waals surface area (Å²) in [7, 11) is 3.22. The van der Waals surface area contributed by atoms with Crippen LogP contribution in [0, 0.1) is 0 Å². The average molecular weight is 371 g/mol. The number of ether oxygens (including phenoxy) is 4. The first-order valence-electron chi connectivity index (χ1n) is 8.83. The van der Waals surface area contributed by atoms with E-state index in [1.807, 2.05) is 32.0 Å². The molecule has 0 aromatic heterocycles. The van der Waals surface area contributed by atoms with E-state index in [4.69, 9.17) is 18.9 Å². The zero-order chi connectivity index (χ0) is 19.4. The highest BCUT2D eigenvalue weighted by Crippen LogP contribution is 2.41. The zero-order valence-corrected chi connectivity index (χ0v) is 16.1. The van der Waals surface area contributed by atoms with Crippen molar-refractivity contribution in [3.8, 4) is 23.0 Å². The van der Waals surface area contributed by atoms with Crippen LogP contribution in [0.2, 0.25) is 0 Å². The van der Waals surface area contributed by atoms with Crippen LogP contribution in [0.15, 0.2) is 42.5 Å². The van der Waals surface area contributed by atoms with Crippen molar-refractivity contribution in [2.75, 3.05) is 20.8 Å². The molecule has 0 spiro atoms. The number of carbonyl (C=O) groups is 1. The van der Waals surface area contributed by atoms with Crippen LogP contribution in [0.25, 0.3) is 0 Å². The van der Waals surface area contributed by atoms with Crippen molar-refractivity contribution in [3.05, 3.63) is 48.0 Å². The summed E-state index contributed by atoms with van der Waals surface area (Å²) in [5.74, 6) is 2.62. The van der Waals surface area contributed by atoms with Gasteiger partial charge in [-0.05, 0) is 50.2 Å². The van der Waals surface area contributed by atoms with E-state index in [1.54, 1.807) is 38.5 Å². The van der Waals surface area contributed by atoms with Gasteiger partial charge in [0.05, 0.1) is 20.3 Å². The first-order valence-corrected chi connectivity index (χ1v) is 8.83. The van der Waals surface area contributed by atoms with Gasteiger partial charge in [-0.1, -0.05) is 0 Å². The maximum Gasteiger partial charge on any atom is 0.258 e. The Balaban J connectivity index is 1.66. The lowest BCUT2D eigenvalue weighted by molar-refractivity contribution is -0.124. The lowest BCUT2D eigenvalue weighted by Crippen LogP contribution is -2.42. The fourth-order valence-electron chi connectivity index (χ4n) is 3.14. The molecule has 0 radical (unpaired) electrons. The van der Waals surface area contributed by atoms with E-state index >= 15 is 0 Å². The maximum absolute atomic E-state index is 12.4. The van der Waals surface area contributed by atoms with Gasteiger partial charge in [-0.25, -0.2) is 0 Å². The minimum Gasteiger partial charge on any atom is -0.497 e. The molecule has 0 bridgehead atoms. The number of hydrogen-bond donors (Lipinski definition) is 1. The van der Waals surface area contributed by atoms with Crippen LogP contribution in [0.1, 0.15) is 31.9 Å². The average Bonchev–Trinajstić information content (AvgIpc) is 2.65. The highest BCUT2D eigenvalue weighted by Gasteiger charge is 2.34. The third-order valence-corrected chi connectivity index (χ3v) is 4.44. The lowest BCUT2D eigenvalue weighted by atomic mass is 9.89. The van der Waals surface area contributed by atoms with Crippen molar-refractivity contribution < 1.29 is 23.7 Å². The molecule has 0 unspecified atom stereocenters. The minimum atomic E-state index is -0.395. The molecule has 6 nitrogen and oxygen atoms in total. The molecule has 6 heteroatoms. The van der Waals surface area contributed by atoms with Gasteiger partial charge in [0.15, 0.2) is 6.61 Å². The highest BCUT2D eigenvalue weighted by atomic mass is 16.5. The molecule has 2 aromatic rings. The molecule has 27 heavy (non-hydrogen) atoms. The number of hydrogen-bond acceptors (Lipinski definition) is 5. The monoisotopic (exact) mass is 371 g/mol. The van der Waals surface area contributed by atoms with Crippen molar-refractivity contribution >= 4 is 5.91 Å². The Labute approximate surface area is 159 Å². The van der Waals surface area contributed by atoms with Crippen molar-refractivity contribution in [2.24, 2.45) is 0 Å². The Kier molecular flexibility index (Phi) is 5.44. The number of methoxy groups -OCH3 is 2. The third kappa shape index (κ3) is 4.64. The van der Waals surface area contributed by atoms with Crippen molar-refractivity contribution in [1.29, 1.82) is 0 Å². The summed E-state index contributed by atoms with van der Waals surface area (Å²) in [6.07, 6.45) is 0.667. The molecule has 1 atom stereocenters. The van der Waals surface area contributed by atoms with Crippen molar-refractivity contribution in [2.45, 2.75) is 31.9 Å². The van der Waals surface area contributed by atoms with E-state index in [9.17, 15) is 4.79 Å². The fourth-order valence-corrected chi connectivity index (χ4v) is 3.14. The molecule has 1 aliphatic heterocycles. The predicted molar refractivity (Wildman–Crippen MR) is 102 cm³/mol. The first kappa shape index (κ1) is 18.9. The van der Waals surface area contributed by atoms with Gasteiger partial charge in [0.25, 0.3) is 5.91 Å². The lowest BCUT2D eigenvalue weighted by Gasteiger charge is -2.38. The van der Waals surface area contributed by atoms with Gasteiger partial charge in [0.2, 0.25) is 0 Å². The quantitative estimate of drug-likeness (QED) is 0.842. The van der Waals surface area contributed by atoms with Gasteiger partial charge >= 0.3 is 0 Å². The van der Waals surface area contributed by atoms with Gasteiger partial charge in [-0.3, -0.25) is 4.79 Å². The van der Waals surface area contributed by atoms with Crippen LogP contribution in [-0.2, 0) is 4.79 Å². The molecule has 1 N–H and O–H groups in total. The van der Waals surface area contributed by atoms with E-state index in [0.717, 1.165) is 22.8 Å². The van der Waals surface area contributed by atoms with E-state index < -0.39 is 5.60 Å². The molecule has 0 saturated carbocycles. The van der Waals surface area contributed by atoms with Crippen molar-refractivity contribution in [3.63, 3.8) is 0 Å². The topological polar surface area (TPSA) is 66.0 Å². The second-order valence-corrected chi connectivity index (χ2v) is 7.05.